The molecule has 2 atom stereocenters. The van der Waals surface area contributed by atoms with Crippen LogP contribution in [0.15, 0.2) is 0 Å². The summed E-state index contributed by atoms with van der Waals surface area (Å²) >= 11 is 0. The average molecular weight is 376 g/mol. The molecule has 1 aromatic rings. The van der Waals surface area contributed by atoms with E-state index >= 15 is 0 Å². The lowest BCUT2D eigenvalue weighted by Gasteiger charge is -2.18. The van der Waals surface area contributed by atoms with E-state index in [1.54, 1.807) is 4.68 Å². The molecule has 26 heavy (non-hydrogen) atoms. The first kappa shape index (κ1) is 20.1. The minimum Gasteiger partial charge on any atom is -0.481 e. The van der Waals surface area contributed by atoms with Crippen LogP contribution in [0.1, 0.15) is 23.4 Å². The first-order valence-electron chi connectivity index (χ1n) is 8.33. The summed E-state index contributed by atoms with van der Waals surface area (Å²) in [6.45, 7) is 3.06. The summed E-state index contributed by atoms with van der Waals surface area (Å²) in [5.74, 6) is -5.20. The quantitative estimate of drug-likeness (QED) is 0.768. The van der Waals surface area contributed by atoms with Crippen molar-refractivity contribution in [2.75, 3.05) is 19.6 Å². The standard InChI is InChI=1S/C16H23F3N4O3/c1-9-11(10(2)22(3)21-9)5-4-6-20-15(26)23-7-12(14(24)25)13(8-23)16(17,18)19/h12-13H,4-8H2,1-3H3,(H,20,26)(H,24,25)/t12-,13-/m1/s1. The van der Waals surface area contributed by atoms with Crippen LogP contribution < -0.4 is 5.32 Å². The lowest BCUT2D eigenvalue weighted by atomic mass is 9.96. The zero-order chi connectivity index (χ0) is 19.6. The van der Waals surface area contributed by atoms with Crippen molar-refractivity contribution in [3.05, 3.63) is 17.0 Å². The van der Waals surface area contributed by atoms with E-state index in [1.807, 2.05) is 20.9 Å². The van der Waals surface area contributed by atoms with Gasteiger partial charge in [-0.05, 0) is 32.3 Å². The molecule has 2 N–H and O–H groups in total. The molecule has 146 valence electrons. The topological polar surface area (TPSA) is 87.5 Å². The molecule has 10 heteroatoms. The summed E-state index contributed by atoms with van der Waals surface area (Å²) in [4.78, 5) is 24.0. The van der Waals surface area contributed by atoms with Gasteiger partial charge in [0, 0.05) is 32.4 Å². The van der Waals surface area contributed by atoms with Crippen molar-refractivity contribution in [3.8, 4) is 0 Å². The zero-order valence-electron chi connectivity index (χ0n) is 14.9. The van der Waals surface area contributed by atoms with E-state index in [2.05, 4.69) is 10.4 Å². The molecule has 1 aromatic heterocycles. The minimum atomic E-state index is -4.65. The van der Waals surface area contributed by atoms with Crippen LogP contribution in [0.4, 0.5) is 18.0 Å². The number of aryl methyl sites for hydroxylation is 2. The number of alkyl halides is 3. The van der Waals surface area contributed by atoms with Gasteiger partial charge in [0.15, 0.2) is 0 Å². The summed E-state index contributed by atoms with van der Waals surface area (Å²) in [6, 6.07) is -0.664. The summed E-state index contributed by atoms with van der Waals surface area (Å²) < 4.78 is 40.6. The van der Waals surface area contributed by atoms with Crippen LogP contribution >= 0.6 is 0 Å². The summed E-state index contributed by atoms with van der Waals surface area (Å²) in [7, 11) is 1.84. The Morgan fingerprint density at radius 2 is 1.96 bits per heavy atom. The number of nitrogens with zero attached hydrogens (tertiary/aromatic N) is 3. The van der Waals surface area contributed by atoms with Crippen LogP contribution in [-0.4, -0.2) is 57.6 Å². The Morgan fingerprint density at radius 1 is 1.31 bits per heavy atom. The van der Waals surface area contributed by atoms with E-state index in [9.17, 15) is 22.8 Å². The first-order chi connectivity index (χ1) is 12.0. The molecule has 7 nitrogen and oxygen atoms in total. The van der Waals surface area contributed by atoms with Gasteiger partial charge in [-0.25, -0.2) is 4.79 Å². The predicted molar refractivity (Wildman–Crippen MR) is 86.6 cm³/mol. The number of amides is 2. The minimum absolute atomic E-state index is 0.289. The number of carboxylic acid groups (broad SMARTS) is 1. The first-order valence-corrected chi connectivity index (χ1v) is 8.33. The fourth-order valence-electron chi connectivity index (χ4n) is 3.30. The number of carbonyl (C=O) groups excluding carboxylic acids is 1. The highest BCUT2D eigenvalue weighted by Gasteiger charge is 2.53. The fraction of sp³-hybridized carbons (Fsp3) is 0.688. The monoisotopic (exact) mass is 376 g/mol. The molecule has 2 rings (SSSR count). The van der Waals surface area contributed by atoms with E-state index < -0.39 is 43.1 Å². The second-order valence-electron chi connectivity index (χ2n) is 6.61. The number of carboxylic acids is 1. The molecule has 2 heterocycles. The third-order valence-electron chi connectivity index (χ3n) is 4.88. The van der Waals surface area contributed by atoms with Gasteiger partial charge in [-0.1, -0.05) is 0 Å². The van der Waals surface area contributed by atoms with Crippen molar-refractivity contribution in [1.82, 2.24) is 20.0 Å². The number of aromatic nitrogens is 2. The number of carbonyl (C=O) groups is 2. The van der Waals surface area contributed by atoms with Crippen molar-refractivity contribution >= 4 is 12.0 Å². The number of likely N-dealkylation sites (tertiary alicyclic amines) is 1. The number of aliphatic carboxylic acids is 1. The maximum atomic E-state index is 13.0. The average Bonchev–Trinajstić information content (AvgIpc) is 3.08. The van der Waals surface area contributed by atoms with Crippen molar-refractivity contribution < 1.29 is 27.9 Å². The highest BCUT2D eigenvalue weighted by atomic mass is 19.4. The maximum absolute atomic E-state index is 13.0. The smallest absolute Gasteiger partial charge is 0.394 e. The molecule has 0 radical (unpaired) electrons. The van der Waals surface area contributed by atoms with Crippen molar-refractivity contribution in [1.29, 1.82) is 0 Å². The van der Waals surface area contributed by atoms with Crippen LogP contribution in [0.25, 0.3) is 0 Å². The van der Waals surface area contributed by atoms with Gasteiger partial charge >= 0.3 is 18.2 Å². The maximum Gasteiger partial charge on any atom is 0.394 e. The number of hydrogen-bond acceptors (Lipinski definition) is 3. The predicted octanol–water partition coefficient (Wildman–Crippen LogP) is 1.87. The van der Waals surface area contributed by atoms with Crippen LogP contribution in [0.5, 0.6) is 0 Å². The summed E-state index contributed by atoms with van der Waals surface area (Å²) in [6.07, 6.45) is -3.35. The molecule has 0 bridgehead atoms. The Bertz CT molecular complexity index is 687. The molecule has 0 aliphatic carbocycles. The number of nitrogens with one attached hydrogen (secondary N) is 1. The van der Waals surface area contributed by atoms with Gasteiger partial charge in [0.1, 0.15) is 0 Å². The van der Waals surface area contributed by atoms with E-state index in [0.717, 1.165) is 21.9 Å². The van der Waals surface area contributed by atoms with Gasteiger partial charge in [0.2, 0.25) is 0 Å². The number of hydrogen-bond donors (Lipinski definition) is 2. The third kappa shape index (κ3) is 4.28. The normalized spacial score (nSPS) is 20.5. The number of urea groups is 1. The Balaban J connectivity index is 1.85. The van der Waals surface area contributed by atoms with Crippen molar-refractivity contribution in [3.63, 3.8) is 0 Å². The van der Waals surface area contributed by atoms with Crippen LogP contribution in [0, 0.1) is 25.7 Å². The SMILES string of the molecule is Cc1nn(C)c(C)c1CCCNC(=O)N1C[C@@H](C(F)(F)F)[C@H](C(=O)O)C1. The molecule has 1 saturated heterocycles. The summed E-state index contributed by atoms with van der Waals surface area (Å²) in [5.41, 5.74) is 3.03. The van der Waals surface area contributed by atoms with Crippen LogP contribution in [0.3, 0.4) is 0 Å². The van der Waals surface area contributed by atoms with Crippen molar-refractivity contribution in [2.45, 2.75) is 32.9 Å². The fourth-order valence-corrected chi connectivity index (χ4v) is 3.30. The van der Waals surface area contributed by atoms with E-state index in [-0.39, 0.29) is 6.54 Å². The molecule has 0 aromatic carbocycles. The Morgan fingerprint density at radius 3 is 2.42 bits per heavy atom. The molecule has 1 aliphatic heterocycles. The molecule has 2 amide bonds. The molecule has 0 saturated carbocycles. The number of halogens is 3. The van der Waals surface area contributed by atoms with Crippen LogP contribution in [-0.2, 0) is 18.3 Å². The largest absolute Gasteiger partial charge is 0.481 e. The van der Waals surface area contributed by atoms with Gasteiger partial charge in [-0.2, -0.15) is 18.3 Å². The highest BCUT2D eigenvalue weighted by molar-refractivity contribution is 5.77. The lowest BCUT2D eigenvalue weighted by Crippen LogP contribution is -2.40. The van der Waals surface area contributed by atoms with Gasteiger partial charge in [-0.15, -0.1) is 0 Å². The zero-order valence-corrected chi connectivity index (χ0v) is 14.9. The van der Waals surface area contributed by atoms with Gasteiger partial charge < -0.3 is 15.3 Å². The second kappa shape index (κ2) is 7.55. The highest BCUT2D eigenvalue weighted by Crippen LogP contribution is 2.37. The molecule has 1 aliphatic rings. The molecule has 1 fully saturated rings. The van der Waals surface area contributed by atoms with E-state index in [4.69, 9.17) is 5.11 Å². The molecular formula is C16H23F3N4O3. The number of rotatable bonds is 5. The molecular weight excluding hydrogens is 353 g/mol. The van der Waals surface area contributed by atoms with Crippen molar-refractivity contribution in [2.24, 2.45) is 18.9 Å². The van der Waals surface area contributed by atoms with Gasteiger partial charge in [0.05, 0.1) is 17.5 Å². The Labute approximate surface area is 149 Å². The lowest BCUT2D eigenvalue weighted by molar-refractivity contribution is -0.187. The third-order valence-corrected chi connectivity index (χ3v) is 4.88. The van der Waals surface area contributed by atoms with Crippen LogP contribution in [0.2, 0.25) is 0 Å². The Kier molecular flexibility index (Phi) is 5.82. The van der Waals surface area contributed by atoms with E-state index in [0.29, 0.717) is 12.8 Å². The summed E-state index contributed by atoms with van der Waals surface area (Å²) in [5, 5.41) is 15.8. The Hall–Kier alpha value is -2.26. The van der Waals surface area contributed by atoms with Gasteiger partial charge in [0.25, 0.3) is 0 Å². The van der Waals surface area contributed by atoms with Gasteiger partial charge in [-0.3, -0.25) is 9.48 Å². The molecule has 0 spiro atoms. The van der Waals surface area contributed by atoms with E-state index in [1.165, 1.54) is 0 Å². The second-order valence-corrected chi connectivity index (χ2v) is 6.61. The molecule has 0 unspecified atom stereocenters.